The Balaban J connectivity index is 0.790. The van der Waals surface area contributed by atoms with E-state index in [1.807, 2.05) is 18.2 Å². The zero-order chi connectivity index (χ0) is 49.2. The van der Waals surface area contributed by atoms with Gasteiger partial charge in [0.1, 0.15) is 11.2 Å². The summed E-state index contributed by atoms with van der Waals surface area (Å²) in [5.41, 5.74) is 21.5. The van der Waals surface area contributed by atoms with Gasteiger partial charge in [-0.15, -0.1) is 11.3 Å². The summed E-state index contributed by atoms with van der Waals surface area (Å²) >= 11 is 1.81. The molecule has 5 heteroatoms. The van der Waals surface area contributed by atoms with Gasteiger partial charge in [0, 0.05) is 47.6 Å². The number of fused-ring (bicyclic) bond motifs is 16. The van der Waals surface area contributed by atoms with E-state index in [2.05, 4.69) is 231 Å². The van der Waals surface area contributed by atoms with Gasteiger partial charge in [0.2, 0.25) is 0 Å². The summed E-state index contributed by atoms with van der Waals surface area (Å²) in [5, 5.41) is 4.40. The lowest BCUT2D eigenvalue weighted by molar-refractivity contribution is 0.669. The molecule has 14 aromatic rings. The van der Waals surface area contributed by atoms with Crippen LogP contribution >= 0.6 is 11.3 Å². The van der Waals surface area contributed by atoms with Gasteiger partial charge >= 0.3 is 0 Å². The van der Waals surface area contributed by atoms with E-state index in [4.69, 9.17) is 19.4 Å². The summed E-state index contributed by atoms with van der Waals surface area (Å²) in [6.07, 6.45) is 0. The van der Waals surface area contributed by atoms with E-state index in [0.717, 1.165) is 60.9 Å². The van der Waals surface area contributed by atoms with Crippen molar-refractivity contribution in [3.8, 4) is 89.8 Å². The first kappa shape index (κ1) is 42.0. The molecule has 0 atom stereocenters. The highest BCUT2D eigenvalue weighted by Gasteiger charge is 2.51. The van der Waals surface area contributed by atoms with Crippen molar-refractivity contribution in [2.75, 3.05) is 0 Å². The Bertz CT molecular complexity index is 4600. The van der Waals surface area contributed by atoms with Crippen molar-refractivity contribution in [3.63, 3.8) is 0 Å². The molecule has 2 aliphatic carbocycles. The van der Waals surface area contributed by atoms with Crippen LogP contribution in [0.4, 0.5) is 0 Å². The number of nitrogens with zero attached hydrogens (tertiary/aromatic N) is 3. The molecule has 11 aromatic carbocycles. The third kappa shape index (κ3) is 6.32. The molecule has 0 unspecified atom stereocenters. The first-order chi connectivity index (χ1) is 37.1. The minimum Gasteiger partial charge on any atom is -0.456 e. The van der Waals surface area contributed by atoms with Crippen LogP contribution in [0, 0.1) is 0 Å². The van der Waals surface area contributed by atoms with E-state index in [-0.39, 0.29) is 5.41 Å². The van der Waals surface area contributed by atoms with Gasteiger partial charge in [-0.1, -0.05) is 200 Å². The summed E-state index contributed by atoms with van der Waals surface area (Å²) in [4.78, 5) is 15.8. The third-order valence-electron chi connectivity index (χ3n) is 15.8. The Kier molecular flexibility index (Phi) is 9.09. The van der Waals surface area contributed by atoms with Crippen molar-refractivity contribution in [1.82, 2.24) is 15.0 Å². The molecule has 1 spiro atoms. The monoisotopic (exact) mass is 971 g/mol. The summed E-state index contributed by atoms with van der Waals surface area (Å²) in [6, 6.07) is 89.8. The molecule has 4 nitrogen and oxygen atoms in total. The second kappa shape index (κ2) is 16.2. The van der Waals surface area contributed by atoms with Gasteiger partial charge in [0.05, 0.1) is 5.41 Å². The predicted octanol–water partition coefficient (Wildman–Crippen LogP) is 18.5. The van der Waals surface area contributed by atoms with E-state index in [9.17, 15) is 0 Å². The van der Waals surface area contributed by atoms with Crippen molar-refractivity contribution >= 4 is 53.4 Å². The second-order valence-corrected chi connectivity index (χ2v) is 20.9. The lowest BCUT2D eigenvalue weighted by Crippen LogP contribution is -2.25. The molecule has 0 N–H and O–H groups in total. The third-order valence-corrected chi connectivity index (χ3v) is 17.0. The van der Waals surface area contributed by atoms with Crippen LogP contribution in [-0.4, -0.2) is 15.0 Å². The molecule has 75 heavy (non-hydrogen) atoms. The molecule has 2 aliphatic rings. The maximum absolute atomic E-state index is 6.61. The number of aromatic nitrogens is 3. The summed E-state index contributed by atoms with van der Waals surface area (Å²) in [7, 11) is 0. The van der Waals surface area contributed by atoms with Crippen LogP contribution in [0.25, 0.3) is 132 Å². The van der Waals surface area contributed by atoms with E-state index < -0.39 is 0 Å². The normalized spacial score (nSPS) is 12.9. The Morgan fingerprint density at radius 1 is 0.280 bits per heavy atom. The first-order valence-corrected chi connectivity index (χ1v) is 26.3. The zero-order valence-electron chi connectivity index (χ0n) is 40.3. The van der Waals surface area contributed by atoms with Crippen LogP contribution in [0.1, 0.15) is 22.3 Å². The van der Waals surface area contributed by atoms with Crippen molar-refractivity contribution in [2.45, 2.75) is 5.41 Å². The number of thiophene rings is 1. The molecule has 3 aromatic heterocycles. The molecular weight excluding hydrogens is 931 g/mol. The summed E-state index contributed by atoms with van der Waals surface area (Å²) in [5.74, 6) is 1.81. The molecule has 348 valence electrons. The van der Waals surface area contributed by atoms with Gasteiger partial charge in [-0.3, -0.25) is 0 Å². The van der Waals surface area contributed by atoms with E-state index in [0.29, 0.717) is 17.5 Å². The van der Waals surface area contributed by atoms with Gasteiger partial charge < -0.3 is 4.42 Å². The van der Waals surface area contributed by atoms with E-state index in [1.165, 1.54) is 75.8 Å². The van der Waals surface area contributed by atoms with Gasteiger partial charge in [0.25, 0.3) is 0 Å². The average molecular weight is 972 g/mol. The molecule has 0 saturated carbocycles. The molecule has 0 fully saturated rings. The Morgan fingerprint density at radius 2 is 0.760 bits per heavy atom. The minimum atomic E-state index is -0.352. The van der Waals surface area contributed by atoms with Crippen LogP contribution in [0.5, 0.6) is 0 Å². The lowest BCUT2D eigenvalue weighted by Gasteiger charge is -2.30. The minimum absolute atomic E-state index is 0.352. The molecule has 3 heterocycles. The Hall–Kier alpha value is -9.55. The second-order valence-electron chi connectivity index (χ2n) is 19.8. The number of hydrogen-bond donors (Lipinski definition) is 0. The summed E-state index contributed by atoms with van der Waals surface area (Å²) < 4.78 is 9.10. The van der Waals surface area contributed by atoms with Gasteiger partial charge in [-0.05, 0) is 126 Å². The van der Waals surface area contributed by atoms with Crippen LogP contribution in [0.15, 0.2) is 253 Å². The standard InChI is InChI=1S/C70H41N3OS/c1-2-13-42(14-3-1)43-29-31-46(32-30-43)67-71-68(49-35-38-65-56(41-49)53-18-7-11-24-64(53)75-65)73-69(72-67)54-19-12-23-63-66(54)57-40-48(34-37-62(57)74-63)45-27-25-44(26-28-45)47-33-36-61-55(39-47)52-17-6-10-22-60(52)70(61)58-20-8-4-15-50(58)51-16-5-9-21-59(51)70/h1-41H. The molecule has 0 saturated heterocycles. The topological polar surface area (TPSA) is 51.8 Å². The van der Waals surface area contributed by atoms with Gasteiger partial charge in [-0.25, -0.2) is 15.0 Å². The Labute approximate surface area is 436 Å². The molecule has 0 aliphatic heterocycles. The largest absolute Gasteiger partial charge is 0.456 e. The molecular formula is C70H41N3OS. The van der Waals surface area contributed by atoms with Crippen LogP contribution in [0.3, 0.4) is 0 Å². The van der Waals surface area contributed by atoms with Crippen LogP contribution < -0.4 is 0 Å². The van der Waals surface area contributed by atoms with Crippen molar-refractivity contribution in [3.05, 3.63) is 271 Å². The van der Waals surface area contributed by atoms with Crippen LogP contribution in [0.2, 0.25) is 0 Å². The highest BCUT2D eigenvalue weighted by Crippen LogP contribution is 2.63. The highest BCUT2D eigenvalue weighted by atomic mass is 32.1. The van der Waals surface area contributed by atoms with Crippen LogP contribution in [-0.2, 0) is 5.41 Å². The molecule has 0 radical (unpaired) electrons. The SMILES string of the molecule is c1ccc(-c2ccc(-c3nc(-c4ccc5sc6ccccc6c5c4)nc(-c4cccc5oc6ccc(-c7ccc(-c8ccc9c(c8)-c8ccccc8C98c9ccccc9-c9ccccc98)cc7)cc6c45)n3)cc2)cc1. The maximum Gasteiger partial charge on any atom is 0.164 e. The number of benzene rings is 11. The zero-order valence-corrected chi connectivity index (χ0v) is 41.1. The number of rotatable bonds is 6. The number of furan rings is 1. The molecule has 0 amide bonds. The smallest absolute Gasteiger partial charge is 0.164 e. The van der Waals surface area contributed by atoms with Gasteiger partial charge in [-0.2, -0.15) is 0 Å². The van der Waals surface area contributed by atoms with E-state index >= 15 is 0 Å². The molecule has 0 bridgehead atoms. The van der Waals surface area contributed by atoms with Crippen molar-refractivity contribution in [2.24, 2.45) is 0 Å². The predicted molar refractivity (Wildman–Crippen MR) is 309 cm³/mol. The lowest BCUT2D eigenvalue weighted by atomic mass is 9.70. The number of hydrogen-bond acceptors (Lipinski definition) is 5. The fraction of sp³-hybridized carbons (Fsp3) is 0.0143. The fourth-order valence-corrected chi connectivity index (χ4v) is 13.5. The maximum atomic E-state index is 6.61. The van der Waals surface area contributed by atoms with Crippen molar-refractivity contribution in [1.29, 1.82) is 0 Å². The summed E-state index contributed by atoms with van der Waals surface area (Å²) in [6.45, 7) is 0. The fourth-order valence-electron chi connectivity index (χ4n) is 12.4. The highest BCUT2D eigenvalue weighted by molar-refractivity contribution is 7.25. The molecule has 16 rings (SSSR count). The first-order valence-electron chi connectivity index (χ1n) is 25.5. The van der Waals surface area contributed by atoms with Crippen molar-refractivity contribution < 1.29 is 4.42 Å². The quantitative estimate of drug-likeness (QED) is 0.167. The Morgan fingerprint density at radius 3 is 1.48 bits per heavy atom. The van der Waals surface area contributed by atoms with Gasteiger partial charge in [0.15, 0.2) is 17.5 Å². The van der Waals surface area contributed by atoms with E-state index in [1.54, 1.807) is 11.3 Å². The average Bonchev–Trinajstić information content (AvgIpc) is 4.37.